The molecule has 1 saturated carbocycles. The van der Waals surface area contributed by atoms with E-state index in [0.29, 0.717) is 23.1 Å². The van der Waals surface area contributed by atoms with Gasteiger partial charge in [0.1, 0.15) is 5.75 Å². The number of methoxy groups -OCH3 is 1. The summed E-state index contributed by atoms with van der Waals surface area (Å²) in [6, 6.07) is 5.43. The summed E-state index contributed by atoms with van der Waals surface area (Å²) >= 11 is 6.98. The molecule has 2 unspecified atom stereocenters. The molecule has 1 aliphatic rings. The van der Waals surface area contributed by atoms with Crippen LogP contribution >= 0.6 is 31.9 Å². The van der Waals surface area contributed by atoms with Crippen LogP contribution < -0.4 is 10.1 Å². The quantitative estimate of drug-likeness (QED) is 0.753. The van der Waals surface area contributed by atoms with Crippen molar-refractivity contribution in [3.8, 4) is 5.75 Å². The van der Waals surface area contributed by atoms with Crippen LogP contribution in [0.15, 0.2) is 22.7 Å². The molecule has 1 aromatic rings. The Hall–Kier alpha value is -0.550. The minimum atomic E-state index is -0.0454. The molecule has 0 saturated heterocycles. The molecule has 1 amide bonds. The van der Waals surface area contributed by atoms with Gasteiger partial charge in [0.2, 0.25) is 0 Å². The first-order valence-corrected chi connectivity index (χ1v) is 8.75. The second kappa shape index (κ2) is 7.46. The van der Waals surface area contributed by atoms with Gasteiger partial charge in [0, 0.05) is 16.3 Å². The van der Waals surface area contributed by atoms with Gasteiger partial charge in [0.05, 0.1) is 12.7 Å². The highest BCUT2D eigenvalue weighted by Gasteiger charge is 2.26. The van der Waals surface area contributed by atoms with Gasteiger partial charge in [-0.1, -0.05) is 22.4 Å². The Morgan fingerprint density at radius 1 is 1.40 bits per heavy atom. The Labute approximate surface area is 136 Å². The first kappa shape index (κ1) is 15.8. The third-order valence-corrected chi connectivity index (χ3v) is 5.48. The molecule has 3 nitrogen and oxygen atoms in total. The second-order valence-corrected chi connectivity index (χ2v) is 6.66. The number of hydrogen-bond acceptors (Lipinski definition) is 2. The fourth-order valence-electron chi connectivity index (χ4n) is 2.71. The zero-order valence-corrected chi connectivity index (χ0v) is 14.7. The summed E-state index contributed by atoms with van der Waals surface area (Å²) in [5.74, 6) is 1.92. The summed E-state index contributed by atoms with van der Waals surface area (Å²) in [4.78, 5) is 12.3. The summed E-state index contributed by atoms with van der Waals surface area (Å²) in [6.45, 7) is 0.749. The van der Waals surface area contributed by atoms with Crippen molar-refractivity contribution in [2.75, 3.05) is 19.0 Å². The number of rotatable bonds is 5. The maximum Gasteiger partial charge on any atom is 0.252 e. The van der Waals surface area contributed by atoms with Gasteiger partial charge in [-0.2, -0.15) is 0 Å². The van der Waals surface area contributed by atoms with Crippen molar-refractivity contribution in [1.29, 1.82) is 0 Å². The molecule has 0 aromatic heterocycles. The number of amides is 1. The van der Waals surface area contributed by atoms with Crippen molar-refractivity contribution >= 4 is 37.8 Å². The molecule has 2 rings (SSSR count). The SMILES string of the molecule is COc1ccc(Br)c(C(=O)NCC2CCCC2CBr)c1. The lowest BCUT2D eigenvalue weighted by atomic mass is 9.98. The Kier molecular flexibility index (Phi) is 5.90. The largest absolute Gasteiger partial charge is 0.497 e. The molecular formula is C15H19Br2NO2. The highest BCUT2D eigenvalue weighted by Crippen LogP contribution is 2.32. The Bertz CT molecular complexity index is 479. The van der Waals surface area contributed by atoms with Gasteiger partial charge in [-0.05, 0) is 58.8 Å². The van der Waals surface area contributed by atoms with E-state index in [9.17, 15) is 4.79 Å². The summed E-state index contributed by atoms with van der Waals surface area (Å²) < 4.78 is 5.96. The zero-order valence-electron chi connectivity index (χ0n) is 11.5. The minimum Gasteiger partial charge on any atom is -0.497 e. The second-order valence-electron chi connectivity index (χ2n) is 5.16. The van der Waals surface area contributed by atoms with Gasteiger partial charge in [-0.15, -0.1) is 0 Å². The molecule has 1 aromatic carbocycles. The van der Waals surface area contributed by atoms with Gasteiger partial charge in [-0.25, -0.2) is 0 Å². The van der Waals surface area contributed by atoms with Gasteiger partial charge < -0.3 is 10.1 Å². The molecule has 110 valence electrons. The first-order chi connectivity index (χ1) is 9.65. The molecule has 0 radical (unpaired) electrons. The fourth-order valence-corrected chi connectivity index (χ4v) is 3.99. The Balaban J connectivity index is 1.98. The number of halogens is 2. The van der Waals surface area contributed by atoms with Crippen LogP contribution in [0, 0.1) is 11.8 Å². The van der Waals surface area contributed by atoms with Crippen molar-refractivity contribution < 1.29 is 9.53 Å². The molecule has 5 heteroatoms. The van der Waals surface area contributed by atoms with E-state index in [4.69, 9.17) is 4.74 Å². The normalized spacial score (nSPS) is 21.8. The van der Waals surface area contributed by atoms with Gasteiger partial charge in [0.25, 0.3) is 5.91 Å². The molecule has 0 heterocycles. The average Bonchev–Trinajstić information content (AvgIpc) is 2.92. The molecule has 2 atom stereocenters. The fraction of sp³-hybridized carbons (Fsp3) is 0.533. The summed E-state index contributed by atoms with van der Waals surface area (Å²) in [5, 5.41) is 4.08. The monoisotopic (exact) mass is 403 g/mol. The lowest BCUT2D eigenvalue weighted by Crippen LogP contribution is -2.31. The van der Waals surface area contributed by atoms with Crippen LogP contribution in [0.2, 0.25) is 0 Å². The van der Waals surface area contributed by atoms with Crippen LogP contribution in [-0.4, -0.2) is 24.9 Å². The summed E-state index contributed by atoms with van der Waals surface area (Å²) in [5.41, 5.74) is 0.623. The number of hydrogen-bond donors (Lipinski definition) is 1. The van der Waals surface area contributed by atoms with Crippen molar-refractivity contribution in [3.63, 3.8) is 0 Å². The van der Waals surface area contributed by atoms with Crippen molar-refractivity contribution in [1.82, 2.24) is 5.32 Å². The number of ether oxygens (including phenoxy) is 1. The highest BCUT2D eigenvalue weighted by atomic mass is 79.9. The van der Waals surface area contributed by atoms with Crippen molar-refractivity contribution in [2.24, 2.45) is 11.8 Å². The Morgan fingerprint density at radius 2 is 2.15 bits per heavy atom. The summed E-state index contributed by atoms with van der Waals surface area (Å²) in [6.07, 6.45) is 3.73. The van der Waals surface area contributed by atoms with E-state index in [2.05, 4.69) is 37.2 Å². The number of benzene rings is 1. The number of carbonyl (C=O) groups excluding carboxylic acids is 1. The van der Waals surface area contributed by atoms with E-state index in [1.165, 1.54) is 19.3 Å². The molecule has 1 N–H and O–H groups in total. The maximum atomic E-state index is 12.3. The molecule has 0 aliphatic heterocycles. The lowest BCUT2D eigenvalue weighted by Gasteiger charge is -2.18. The minimum absolute atomic E-state index is 0.0454. The third kappa shape index (κ3) is 3.76. The predicted molar refractivity (Wildman–Crippen MR) is 87.7 cm³/mol. The van der Waals surface area contributed by atoms with Crippen LogP contribution in [0.25, 0.3) is 0 Å². The lowest BCUT2D eigenvalue weighted by molar-refractivity contribution is 0.0943. The molecule has 0 spiro atoms. The van der Waals surface area contributed by atoms with E-state index in [1.807, 2.05) is 12.1 Å². The van der Waals surface area contributed by atoms with E-state index in [-0.39, 0.29) is 5.91 Å². The van der Waals surface area contributed by atoms with E-state index in [1.54, 1.807) is 13.2 Å². The summed E-state index contributed by atoms with van der Waals surface area (Å²) in [7, 11) is 1.60. The highest BCUT2D eigenvalue weighted by molar-refractivity contribution is 9.10. The van der Waals surface area contributed by atoms with Crippen molar-refractivity contribution in [2.45, 2.75) is 19.3 Å². The smallest absolute Gasteiger partial charge is 0.252 e. The number of nitrogens with one attached hydrogen (secondary N) is 1. The van der Waals surface area contributed by atoms with Gasteiger partial charge in [-0.3, -0.25) is 4.79 Å². The topological polar surface area (TPSA) is 38.3 Å². The molecule has 0 bridgehead atoms. The van der Waals surface area contributed by atoms with Crippen LogP contribution in [0.3, 0.4) is 0 Å². The maximum absolute atomic E-state index is 12.3. The standard InChI is InChI=1S/C15H19Br2NO2/c1-20-12-5-6-14(17)13(7-12)15(19)18-9-11-4-2-3-10(11)8-16/h5-7,10-11H,2-4,8-9H2,1H3,(H,18,19). The molecule has 1 aliphatic carbocycles. The molecule has 1 fully saturated rings. The molecular weight excluding hydrogens is 386 g/mol. The zero-order chi connectivity index (χ0) is 14.5. The molecule has 20 heavy (non-hydrogen) atoms. The predicted octanol–water partition coefficient (Wildman–Crippen LogP) is 4.00. The van der Waals surface area contributed by atoms with Crippen LogP contribution in [0.1, 0.15) is 29.6 Å². The number of alkyl halides is 1. The van der Waals surface area contributed by atoms with Gasteiger partial charge >= 0.3 is 0 Å². The van der Waals surface area contributed by atoms with Crippen LogP contribution in [0.5, 0.6) is 5.75 Å². The van der Waals surface area contributed by atoms with Crippen LogP contribution in [0.4, 0.5) is 0 Å². The van der Waals surface area contributed by atoms with E-state index >= 15 is 0 Å². The first-order valence-electron chi connectivity index (χ1n) is 6.83. The van der Waals surface area contributed by atoms with E-state index in [0.717, 1.165) is 16.3 Å². The van der Waals surface area contributed by atoms with Crippen molar-refractivity contribution in [3.05, 3.63) is 28.2 Å². The third-order valence-electron chi connectivity index (χ3n) is 3.96. The van der Waals surface area contributed by atoms with E-state index < -0.39 is 0 Å². The Morgan fingerprint density at radius 3 is 2.85 bits per heavy atom. The van der Waals surface area contributed by atoms with Crippen LogP contribution in [-0.2, 0) is 0 Å². The average molecular weight is 405 g/mol. The van der Waals surface area contributed by atoms with Gasteiger partial charge in [0.15, 0.2) is 0 Å². The number of carbonyl (C=O) groups is 1.